The highest BCUT2D eigenvalue weighted by atomic mass is 28.4. The van der Waals surface area contributed by atoms with Crippen molar-refractivity contribution in [1.82, 2.24) is 0 Å². The van der Waals surface area contributed by atoms with Crippen molar-refractivity contribution in [1.29, 1.82) is 0 Å². The van der Waals surface area contributed by atoms with Gasteiger partial charge in [0.25, 0.3) is 0 Å². The molecule has 0 aliphatic heterocycles. The van der Waals surface area contributed by atoms with Gasteiger partial charge in [0.2, 0.25) is 0 Å². The monoisotopic (exact) mass is 304 g/mol. The molecule has 0 aliphatic rings. The lowest BCUT2D eigenvalue weighted by Crippen LogP contribution is -2.48. The van der Waals surface area contributed by atoms with E-state index in [0.717, 1.165) is 0 Å². The molecule has 0 aromatic heterocycles. The molecule has 0 spiro atoms. The first-order chi connectivity index (χ1) is 8.96. The van der Waals surface area contributed by atoms with Crippen LogP contribution >= 0.6 is 0 Å². The third-order valence-electron chi connectivity index (χ3n) is 4.36. The van der Waals surface area contributed by atoms with Crippen LogP contribution in [-0.2, 0) is 14.0 Å². The summed E-state index contributed by atoms with van der Waals surface area (Å²) in [6, 6.07) is 0. The van der Waals surface area contributed by atoms with Crippen molar-refractivity contribution in [3.05, 3.63) is 0 Å². The van der Waals surface area contributed by atoms with Crippen LogP contribution in [0, 0.1) is 11.8 Å². The van der Waals surface area contributed by atoms with Gasteiger partial charge in [-0.2, -0.15) is 0 Å². The van der Waals surface area contributed by atoms with Gasteiger partial charge in [-0.25, -0.2) is 0 Å². The van der Waals surface area contributed by atoms with Crippen molar-refractivity contribution >= 4 is 14.3 Å². The van der Waals surface area contributed by atoms with Crippen molar-refractivity contribution in [3.63, 3.8) is 0 Å². The summed E-state index contributed by atoms with van der Waals surface area (Å²) >= 11 is 0. The maximum absolute atomic E-state index is 11.5. The van der Waals surface area contributed by atoms with Gasteiger partial charge in [0.1, 0.15) is 0 Å². The second-order valence-electron chi connectivity index (χ2n) is 7.26. The first kappa shape index (κ1) is 19.6. The van der Waals surface area contributed by atoms with Gasteiger partial charge in [0, 0.05) is 12.5 Å². The first-order valence-electron chi connectivity index (χ1n) is 7.31. The van der Waals surface area contributed by atoms with Gasteiger partial charge in [-0.05, 0) is 24.1 Å². The van der Waals surface area contributed by atoms with E-state index >= 15 is 0 Å². The number of hydrogen-bond donors (Lipinski definition) is 1. The molecule has 0 heterocycles. The van der Waals surface area contributed by atoms with E-state index in [1.165, 1.54) is 7.11 Å². The van der Waals surface area contributed by atoms with Crippen molar-refractivity contribution in [2.75, 3.05) is 13.7 Å². The summed E-state index contributed by atoms with van der Waals surface area (Å²) in [5.41, 5.74) is 0. The van der Waals surface area contributed by atoms with Gasteiger partial charge in [-0.1, -0.05) is 34.6 Å². The highest BCUT2D eigenvalue weighted by molar-refractivity contribution is 6.74. The third kappa shape index (κ3) is 5.54. The molecule has 4 nitrogen and oxygen atoms in total. The molecule has 120 valence electrons. The Kier molecular flexibility index (Phi) is 7.42. The topological polar surface area (TPSA) is 55.8 Å². The fourth-order valence-electron chi connectivity index (χ4n) is 1.88. The summed E-state index contributed by atoms with van der Waals surface area (Å²) in [7, 11) is -0.537. The predicted octanol–water partition coefficient (Wildman–Crippen LogP) is 3.20. The smallest absolute Gasteiger partial charge is 0.305 e. The Labute approximate surface area is 125 Å². The van der Waals surface area contributed by atoms with Gasteiger partial charge >= 0.3 is 5.97 Å². The number of rotatable bonds is 7. The molecule has 0 saturated carbocycles. The fraction of sp³-hybridized carbons (Fsp3) is 0.933. The third-order valence-corrected chi connectivity index (χ3v) is 8.84. The lowest BCUT2D eigenvalue weighted by Gasteiger charge is -2.42. The zero-order valence-corrected chi connectivity index (χ0v) is 15.3. The molecule has 0 amide bonds. The van der Waals surface area contributed by atoms with E-state index in [-0.39, 0.29) is 35.6 Å². The molecule has 5 heteroatoms. The van der Waals surface area contributed by atoms with Crippen molar-refractivity contribution < 1.29 is 19.1 Å². The van der Waals surface area contributed by atoms with Gasteiger partial charge in [0.05, 0.1) is 19.6 Å². The minimum Gasteiger partial charge on any atom is -0.469 e. The number of methoxy groups -OCH3 is 1. The highest BCUT2D eigenvalue weighted by Gasteiger charge is 2.41. The number of aliphatic hydroxyl groups is 1. The van der Waals surface area contributed by atoms with Crippen molar-refractivity contribution in [2.45, 2.75) is 65.3 Å². The summed E-state index contributed by atoms with van der Waals surface area (Å²) in [4.78, 5) is 11.5. The molecule has 0 saturated heterocycles. The molecule has 0 radical (unpaired) electrons. The van der Waals surface area contributed by atoms with Crippen LogP contribution in [0.4, 0.5) is 0 Å². The van der Waals surface area contributed by atoms with E-state index in [2.05, 4.69) is 33.9 Å². The Bertz CT molecular complexity index is 309. The standard InChI is InChI=1S/C15H32O4Si/c1-11(9-13(17)18-6)14(12(2)10-16)19-20(7,8)15(3,4)5/h11-12,14,16H,9-10H2,1-8H3/t11-,12+,14-/m0/s1. The number of carbonyl (C=O) groups excluding carboxylic acids is 1. The van der Waals surface area contributed by atoms with E-state index in [1.807, 2.05) is 13.8 Å². The molecule has 20 heavy (non-hydrogen) atoms. The molecule has 3 atom stereocenters. The quantitative estimate of drug-likeness (QED) is 0.579. The van der Waals surface area contributed by atoms with E-state index in [0.29, 0.717) is 6.42 Å². The Balaban J connectivity index is 5.04. The van der Waals surface area contributed by atoms with Crippen LogP contribution < -0.4 is 0 Å². The molecular weight excluding hydrogens is 272 g/mol. The summed E-state index contributed by atoms with van der Waals surface area (Å²) in [6.45, 7) is 14.9. The van der Waals surface area contributed by atoms with Gasteiger partial charge < -0.3 is 14.3 Å². The van der Waals surface area contributed by atoms with Crippen LogP contribution in [0.25, 0.3) is 0 Å². The lowest BCUT2D eigenvalue weighted by atomic mass is 9.92. The second kappa shape index (κ2) is 7.57. The van der Waals surface area contributed by atoms with Crippen LogP contribution in [0.2, 0.25) is 18.1 Å². The number of ether oxygens (including phenoxy) is 1. The second-order valence-corrected chi connectivity index (χ2v) is 12.0. The highest BCUT2D eigenvalue weighted by Crippen LogP contribution is 2.39. The molecule has 0 aromatic carbocycles. The maximum atomic E-state index is 11.5. The lowest BCUT2D eigenvalue weighted by molar-refractivity contribution is -0.142. The van der Waals surface area contributed by atoms with Gasteiger partial charge in [-0.15, -0.1) is 0 Å². The van der Waals surface area contributed by atoms with E-state index in [9.17, 15) is 9.90 Å². The largest absolute Gasteiger partial charge is 0.469 e. The van der Waals surface area contributed by atoms with Crippen LogP contribution in [0.3, 0.4) is 0 Å². The fourth-order valence-corrected chi connectivity index (χ4v) is 3.37. The average molecular weight is 305 g/mol. The van der Waals surface area contributed by atoms with Gasteiger partial charge in [-0.3, -0.25) is 4.79 Å². The van der Waals surface area contributed by atoms with Crippen LogP contribution in [0.5, 0.6) is 0 Å². The maximum Gasteiger partial charge on any atom is 0.305 e. The molecule has 1 N–H and O–H groups in total. The van der Waals surface area contributed by atoms with E-state index in [1.54, 1.807) is 0 Å². The van der Waals surface area contributed by atoms with Crippen molar-refractivity contribution in [3.8, 4) is 0 Å². The number of hydrogen-bond acceptors (Lipinski definition) is 4. The van der Waals surface area contributed by atoms with Crippen molar-refractivity contribution in [2.24, 2.45) is 11.8 Å². The normalized spacial score (nSPS) is 17.4. The average Bonchev–Trinajstić information content (AvgIpc) is 2.33. The molecule has 0 rings (SSSR count). The minimum absolute atomic E-state index is 0.00350. The Morgan fingerprint density at radius 3 is 2.05 bits per heavy atom. The molecule has 0 fully saturated rings. The summed E-state index contributed by atoms with van der Waals surface area (Å²) in [6.07, 6.45) is 0.195. The minimum atomic E-state index is -1.93. The zero-order valence-electron chi connectivity index (χ0n) is 14.3. The van der Waals surface area contributed by atoms with Crippen LogP contribution in [0.1, 0.15) is 41.0 Å². The predicted molar refractivity (Wildman–Crippen MR) is 84.1 cm³/mol. The number of esters is 1. The molecule has 0 bridgehead atoms. The van der Waals surface area contributed by atoms with Crippen LogP contribution in [0.15, 0.2) is 0 Å². The SMILES string of the molecule is COC(=O)C[C@H](C)[C@H](O[Si](C)(C)C(C)(C)C)[C@H](C)CO. The van der Waals surface area contributed by atoms with E-state index < -0.39 is 8.32 Å². The number of carbonyl (C=O) groups is 1. The first-order valence-corrected chi connectivity index (χ1v) is 10.2. The summed E-state index contributed by atoms with van der Waals surface area (Å²) < 4.78 is 11.2. The molecule has 0 unspecified atom stereocenters. The summed E-state index contributed by atoms with van der Waals surface area (Å²) in [5, 5.41) is 9.57. The molecule has 0 aromatic rings. The Morgan fingerprint density at radius 2 is 1.70 bits per heavy atom. The molecular formula is C15H32O4Si. The Morgan fingerprint density at radius 1 is 1.20 bits per heavy atom. The molecule has 0 aliphatic carbocycles. The van der Waals surface area contributed by atoms with Crippen LogP contribution in [-0.4, -0.2) is 39.2 Å². The number of aliphatic hydroxyl groups excluding tert-OH is 1. The van der Waals surface area contributed by atoms with Gasteiger partial charge in [0.15, 0.2) is 8.32 Å². The summed E-state index contributed by atoms with van der Waals surface area (Å²) in [5.74, 6) is -0.200. The Hall–Kier alpha value is -0.393. The zero-order chi connectivity index (χ0) is 16.1. The van der Waals surface area contributed by atoms with E-state index in [4.69, 9.17) is 9.16 Å².